The van der Waals surface area contributed by atoms with Gasteiger partial charge in [0, 0.05) is 16.3 Å². The highest BCUT2D eigenvalue weighted by atomic mass is 35.5. The van der Waals surface area contributed by atoms with Gasteiger partial charge >= 0.3 is 0 Å². The molecule has 0 spiro atoms. The van der Waals surface area contributed by atoms with E-state index in [-0.39, 0.29) is 11.6 Å². The number of amides is 1. The lowest BCUT2D eigenvalue weighted by Crippen LogP contribution is -2.12. The molecule has 0 heterocycles. The van der Waals surface area contributed by atoms with E-state index in [0.717, 1.165) is 5.56 Å². The minimum atomic E-state index is -0.514. The maximum atomic E-state index is 13.0. The highest BCUT2D eigenvalue weighted by Crippen LogP contribution is 2.19. The highest BCUT2D eigenvalue weighted by Gasteiger charge is 2.08. The topological polar surface area (TPSA) is 55.1 Å². The predicted molar refractivity (Wildman–Crippen MR) is 75.0 cm³/mol. The van der Waals surface area contributed by atoms with Crippen molar-refractivity contribution in [3.05, 3.63) is 58.4 Å². The second kappa shape index (κ2) is 5.28. The summed E-state index contributed by atoms with van der Waals surface area (Å²) in [5, 5.41) is 3.24. The molecule has 19 heavy (non-hydrogen) atoms. The van der Waals surface area contributed by atoms with E-state index in [1.54, 1.807) is 18.2 Å². The van der Waals surface area contributed by atoms with Crippen LogP contribution >= 0.6 is 11.6 Å². The number of halogens is 2. The van der Waals surface area contributed by atoms with Crippen molar-refractivity contribution in [3.8, 4) is 0 Å². The van der Waals surface area contributed by atoms with Crippen LogP contribution in [0.15, 0.2) is 36.4 Å². The van der Waals surface area contributed by atoms with Crippen LogP contribution in [0.4, 0.5) is 15.8 Å². The van der Waals surface area contributed by atoms with E-state index >= 15 is 0 Å². The molecule has 0 aliphatic rings. The molecular weight excluding hydrogens is 267 g/mol. The average molecular weight is 279 g/mol. The smallest absolute Gasteiger partial charge is 0.255 e. The standard InChI is InChI=1S/C14H12ClFN2O/c1-8-6-9(2-4-11(8)15)14(19)18-10-3-5-12(16)13(17)7-10/h2-7H,17H2,1H3,(H,18,19). The molecule has 0 fully saturated rings. The molecule has 0 saturated carbocycles. The largest absolute Gasteiger partial charge is 0.396 e. The molecule has 0 unspecified atom stereocenters. The maximum absolute atomic E-state index is 13.0. The Morgan fingerprint density at radius 2 is 2.00 bits per heavy atom. The zero-order valence-electron chi connectivity index (χ0n) is 10.2. The number of carbonyl (C=O) groups is 1. The third-order valence-corrected chi connectivity index (χ3v) is 3.10. The Morgan fingerprint density at radius 1 is 1.26 bits per heavy atom. The van der Waals surface area contributed by atoms with Crippen LogP contribution in [0, 0.1) is 12.7 Å². The molecule has 0 aliphatic carbocycles. The van der Waals surface area contributed by atoms with E-state index in [1.807, 2.05) is 6.92 Å². The van der Waals surface area contributed by atoms with Crippen LogP contribution in [0.2, 0.25) is 5.02 Å². The molecule has 0 saturated heterocycles. The number of nitrogens with two attached hydrogens (primary N) is 1. The van der Waals surface area contributed by atoms with Crippen molar-refractivity contribution in [1.82, 2.24) is 0 Å². The minimum absolute atomic E-state index is 0.00918. The zero-order valence-corrected chi connectivity index (χ0v) is 11.0. The van der Waals surface area contributed by atoms with Gasteiger partial charge in [0.25, 0.3) is 5.91 Å². The second-order valence-corrected chi connectivity index (χ2v) is 4.56. The number of hydrogen-bond donors (Lipinski definition) is 2. The summed E-state index contributed by atoms with van der Waals surface area (Å²) in [6.07, 6.45) is 0. The second-order valence-electron chi connectivity index (χ2n) is 4.15. The number of carbonyl (C=O) groups excluding carboxylic acids is 1. The first-order chi connectivity index (χ1) is 8.97. The van der Waals surface area contributed by atoms with Gasteiger partial charge in [0.15, 0.2) is 0 Å². The molecular formula is C14H12ClFN2O. The van der Waals surface area contributed by atoms with E-state index in [0.29, 0.717) is 16.3 Å². The Bertz CT molecular complexity index is 643. The third-order valence-electron chi connectivity index (χ3n) is 2.67. The SMILES string of the molecule is Cc1cc(C(=O)Nc2ccc(F)c(N)c2)ccc1Cl. The molecule has 5 heteroatoms. The fourth-order valence-corrected chi connectivity index (χ4v) is 1.73. The minimum Gasteiger partial charge on any atom is -0.396 e. The summed E-state index contributed by atoms with van der Waals surface area (Å²) in [6, 6.07) is 8.99. The van der Waals surface area contributed by atoms with Gasteiger partial charge in [-0.3, -0.25) is 4.79 Å². The summed E-state index contributed by atoms with van der Waals surface area (Å²) in [5.74, 6) is -0.814. The molecule has 0 aromatic heterocycles. The number of rotatable bonds is 2. The van der Waals surface area contributed by atoms with Crippen molar-refractivity contribution in [1.29, 1.82) is 0 Å². The van der Waals surface area contributed by atoms with Crippen LogP contribution < -0.4 is 11.1 Å². The highest BCUT2D eigenvalue weighted by molar-refractivity contribution is 6.31. The molecule has 1 amide bonds. The van der Waals surface area contributed by atoms with Gasteiger partial charge in [-0.05, 0) is 48.9 Å². The average Bonchev–Trinajstić information content (AvgIpc) is 2.37. The lowest BCUT2D eigenvalue weighted by molar-refractivity contribution is 0.102. The van der Waals surface area contributed by atoms with E-state index in [4.69, 9.17) is 17.3 Å². The molecule has 0 aliphatic heterocycles. The van der Waals surface area contributed by atoms with Gasteiger partial charge in [-0.25, -0.2) is 4.39 Å². The van der Waals surface area contributed by atoms with Crippen LogP contribution in [0.5, 0.6) is 0 Å². The van der Waals surface area contributed by atoms with Crippen LogP contribution in [0.25, 0.3) is 0 Å². The summed E-state index contributed by atoms with van der Waals surface area (Å²) in [5.41, 5.74) is 7.16. The Hall–Kier alpha value is -2.07. The lowest BCUT2D eigenvalue weighted by Gasteiger charge is -2.07. The van der Waals surface area contributed by atoms with Gasteiger partial charge in [0.05, 0.1) is 5.69 Å². The Labute approximate surface area is 115 Å². The first-order valence-corrected chi connectivity index (χ1v) is 5.97. The summed E-state index contributed by atoms with van der Waals surface area (Å²) in [4.78, 5) is 12.0. The Morgan fingerprint density at radius 3 is 2.63 bits per heavy atom. The third kappa shape index (κ3) is 3.03. The molecule has 0 bridgehead atoms. The normalized spacial score (nSPS) is 10.3. The van der Waals surface area contributed by atoms with E-state index in [1.165, 1.54) is 18.2 Å². The van der Waals surface area contributed by atoms with E-state index < -0.39 is 5.82 Å². The van der Waals surface area contributed by atoms with E-state index in [2.05, 4.69) is 5.32 Å². The van der Waals surface area contributed by atoms with Crippen LogP contribution in [-0.4, -0.2) is 5.91 Å². The maximum Gasteiger partial charge on any atom is 0.255 e. The Balaban J connectivity index is 2.20. The van der Waals surface area contributed by atoms with Crippen LogP contribution in [0.1, 0.15) is 15.9 Å². The number of aryl methyl sites for hydroxylation is 1. The first kappa shape index (κ1) is 13.4. The fraction of sp³-hybridized carbons (Fsp3) is 0.0714. The molecule has 3 nitrogen and oxygen atoms in total. The van der Waals surface area contributed by atoms with Crippen LogP contribution in [-0.2, 0) is 0 Å². The molecule has 3 N–H and O–H groups in total. The molecule has 0 radical (unpaired) electrons. The summed E-state index contributed by atoms with van der Waals surface area (Å²) >= 11 is 5.89. The molecule has 2 rings (SSSR count). The first-order valence-electron chi connectivity index (χ1n) is 5.60. The van der Waals surface area contributed by atoms with Crippen LogP contribution in [0.3, 0.4) is 0 Å². The predicted octanol–water partition coefficient (Wildman–Crippen LogP) is 3.62. The summed E-state index contributed by atoms with van der Waals surface area (Å²) < 4.78 is 13.0. The number of nitrogens with one attached hydrogen (secondary N) is 1. The van der Waals surface area contributed by atoms with Crippen molar-refractivity contribution in [2.45, 2.75) is 6.92 Å². The van der Waals surface area contributed by atoms with Gasteiger partial charge in [-0.15, -0.1) is 0 Å². The molecule has 0 atom stereocenters. The van der Waals surface area contributed by atoms with Gasteiger partial charge in [-0.2, -0.15) is 0 Å². The van der Waals surface area contributed by atoms with Gasteiger partial charge in [0.1, 0.15) is 5.82 Å². The van der Waals surface area contributed by atoms with Crippen molar-refractivity contribution in [2.24, 2.45) is 0 Å². The van der Waals surface area contributed by atoms with E-state index in [9.17, 15) is 9.18 Å². The lowest BCUT2D eigenvalue weighted by atomic mass is 10.1. The quantitative estimate of drug-likeness (QED) is 0.824. The zero-order chi connectivity index (χ0) is 14.0. The van der Waals surface area contributed by atoms with Gasteiger partial charge in [-0.1, -0.05) is 11.6 Å². The Kier molecular flexibility index (Phi) is 3.71. The number of nitrogen functional groups attached to an aromatic ring is 1. The number of hydrogen-bond acceptors (Lipinski definition) is 2. The van der Waals surface area contributed by atoms with Crippen molar-refractivity contribution >= 4 is 28.9 Å². The monoisotopic (exact) mass is 278 g/mol. The van der Waals surface area contributed by atoms with Crippen molar-refractivity contribution < 1.29 is 9.18 Å². The molecule has 98 valence electrons. The van der Waals surface area contributed by atoms with Gasteiger partial charge in [0.2, 0.25) is 0 Å². The summed E-state index contributed by atoms with van der Waals surface area (Å²) in [7, 11) is 0. The fourth-order valence-electron chi connectivity index (χ4n) is 1.61. The van der Waals surface area contributed by atoms with Crippen molar-refractivity contribution in [3.63, 3.8) is 0 Å². The number of anilines is 2. The van der Waals surface area contributed by atoms with Crippen molar-refractivity contribution in [2.75, 3.05) is 11.1 Å². The summed E-state index contributed by atoms with van der Waals surface area (Å²) in [6.45, 7) is 1.81. The van der Waals surface area contributed by atoms with Gasteiger partial charge < -0.3 is 11.1 Å². The number of benzene rings is 2. The molecule has 2 aromatic rings. The molecule has 2 aromatic carbocycles.